The largest absolute Gasteiger partial charge is 0.480 e. The van der Waals surface area contributed by atoms with E-state index < -0.39 is 36.2 Å². The lowest BCUT2D eigenvalue weighted by molar-refractivity contribution is -0.140. The molecule has 7 nitrogen and oxygen atoms in total. The maximum Gasteiger partial charge on any atom is 0.326 e. The van der Waals surface area contributed by atoms with Gasteiger partial charge in [-0.05, 0) is 6.07 Å². The number of aliphatic carboxylic acids is 1. The number of hydrogen-bond donors (Lipinski definition) is 3. The minimum Gasteiger partial charge on any atom is -0.480 e. The number of carbonyl (C=O) groups excluding carboxylic acids is 2. The number of nitrogens with zero attached hydrogens (tertiary/aromatic N) is 1. The number of nitrogens with one attached hydrogen (secondary N) is 1. The smallest absolute Gasteiger partial charge is 0.326 e. The second-order valence-corrected chi connectivity index (χ2v) is 4.46. The summed E-state index contributed by atoms with van der Waals surface area (Å²) in [6.45, 7) is -0.0403. The molecule has 0 aliphatic heterocycles. The van der Waals surface area contributed by atoms with Crippen molar-refractivity contribution < 1.29 is 23.9 Å². The summed E-state index contributed by atoms with van der Waals surface area (Å²) in [5.74, 6) is -2.69. The van der Waals surface area contributed by atoms with Gasteiger partial charge in [0.15, 0.2) is 0 Å². The Hall–Kier alpha value is -2.64. The van der Waals surface area contributed by atoms with Gasteiger partial charge in [0.1, 0.15) is 11.9 Å². The van der Waals surface area contributed by atoms with E-state index in [0.29, 0.717) is 0 Å². The van der Waals surface area contributed by atoms with Gasteiger partial charge in [-0.15, -0.1) is 0 Å². The number of carboxylic acids is 1. The number of halogens is 1. The zero-order valence-corrected chi connectivity index (χ0v) is 11.4. The zero-order chi connectivity index (χ0) is 16.0. The second-order valence-electron chi connectivity index (χ2n) is 4.46. The summed E-state index contributed by atoms with van der Waals surface area (Å²) in [5, 5.41) is 11.0. The molecule has 8 heteroatoms. The average molecular weight is 297 g/mol. The lowest BCUT2D eigenvalue weighted by atomic mass is 10.2. The fourth-order valence-electron chi connectivity index (χ4n) is 1.61. The number of urea groups is 1. The van der Waals surface area contributed by atoms with Gasteiger partial charge in [0.25, 0.3) is 0 Å². The Morgan fingerprint density at radius 1 is 1.38 bits per heavy atom. The van der Waals surface area contributed by atoms with Gasteiger partial charge in [0.2, 0.25) is 5.91 Å². The van der Waals surface area contributed by atoms with Crippen molar-refractivity contribution in [2.24, 2.45) is 5.73 Å². The van der Waals surface area contributed by atoms with Crippen LogP contribution in [0.5, 0.6) is 0 Å². The van der Waals surface area contributed by atoms with Crippen LogP contribution >= 0.6 is 0 Å². The van der Waals surface area contributed by atoms with Gasteiger partial charge in [-0.1, -0.05) is 18.2 Å². The van der Waals surface area contributed by atoms with E-state index in [1.807, 2.05) is 0 Å². The molecule has 0 spiro atoms. The van der Waals surface area contributed by atoms with Gasteiger partial charge >= 0.3 is 12.0 Å². The van der Waals surface area contributed by atoms with E-state index in [-0.39, 0.29) is 12.1 Å². The molecule has 1 aromatic rings. The molecule has 1 aromatic carbocycles. The highest BCUT2D eigenvalue weighted by atomic mass is 19.1. The van der Waals surface area contributed by atoms with Crippen molar-refractivity contribution in [2.45, 2.75) is 19.0 Å². The van der Waals surface area contributed by atoms with Crippen LogP contribution in [0.2, 0.25) is 0 Å². The van der Waals surface area contributed by atoms with Crippen LogP contribution in [0, 0.1) is 5.82 Å². The van der Waals surface area contributed by atoms with E-state index in [4.69, 9.17) is 10.8 Å². The molecule has 1 rings (SSSR count). The summed E-state index contributed by atoms with van der Waals surface area (Å²) in [5.41, 5.74) is 5.20. The Kier molecular flexibility index (Phi) is 5.65. The molecule has 1 unspecified atom stereocenters. The molecule has 0 bridgehead atoms. The van der Waals surface area contributed by atoms with Gasteiger partial charge < -0.3 is 21.1 Å². The summed E-state index contributed by atoms with van der Waals surface area (Å²) in [6.07, 6.45) is -0.519. The van der Waals surface area contributed by atoms with Crippen molar-refractivity contribution in [2.75, 3.05) is 7.05 Å². The molecular formula is C13H16FN3O4. The van der Waals surface area contributed by atoms with Crippen LogP contribution in [0.15, 0.2) is 24.3 Å². The highest BCUT2D eigenvalue weighted by Gasteiger charge is 2.23. The van der Waals surface area contributed by atoms with Crippen LogP contribution in [-0.4, -0.2) is 41.0 Å². The van der Waals surface area contributed by atoms with E-state index in [2.05, 4.69) is 5.32 Å². The Balaban J connectivity index is 2.67. The first-order chi connectivity index (χ1) is 9.81. The highest BCUT2D eigenvalue weighted by molar-refractivity contribution is 5.87. The summed E-state index contributed by atoms with van der Waals surface area (Å²) in [6, 6.07) is 3.75. The van der Waals surface area contributed by atoms with E-state index in [1.54, 1.807) is 6.07 Å². The molecular weight excluding hydrogens is 281 g/mol. The van der Waals surface area contributed by atoms with Crippen molar-refractivity contribution in [3.8, 4) is 0 Å². The average Bonchev–Trinajstić information content (AvgIpc) is 2.39. The van der Waals surface area contributed by atoms with Crippen LogP contribution in [0.25, 0.3) is 0 Å². The number of amides is 3. The molecule has 0 radical (unpaired) electrons. The first-order valence-corrected chi connectivity index (χ1v) is 6.07. The third kappa shape index (κ3) is 5.09. The Morgan fingerprint density at radius 3 is 2.52 bits per heavy atom. The minimum atomic E-state index is -1.42. The fourth-order valence-corrected chi connectivity index (χ4v) is 1.61. The number of hydrogen-bond acceptors (Lipinski definition) is 3. The third-order valence-electron chi connectivity index (χ3n) is 2.71. The van der Waals surface area contributed by atoms with Gasteiger partial charge in [0.05, 0.1) is 6.42 Å². The number of carbonyl (C=O) groups is 3. The monoisotopic (exact) mass is 297 g/mol. The summed E-state index contributed by atoms with van der Waals surface area (Å²) >= 11 is 0. The van der Waals surface area contributed by atoms with Crippen LogP contribution in [-0.2, 0) is 16.1 Å². The number of primary amides is 1. The predicted molar refractivity (Wildman–Crippen MR) is 71.6 cm³/mol. The van der Waals surface area contributed by atoms with Crippen LogP contribution < -0.4 is 11.1 Å². The van der Waals surface area contributed by atoms with Gasteiger partial charge in [-0.2, -0.15) is 0 Å². The molecule has 0 saturated heterocycles. The maximum absolute atomic E-state index is 13.5. The summed E-state index contributed by atoms with van der Waals surface area (Å²) < 4.78 is 13.5. The van der Waals surface area contributed by atoms with E-state index in [9.17, 15) is 18.8 Å². The maximum atomic E-state index is 13.5. The standard InChI is InChI=1S/C13H16FN3O4/c1-17(7-8-4-2-3-5-9(8)14)13(21)16-10(12(19)20)6-11(15)18/h2-5,10H,6-7H2,1H3,(H2,15,18)(H,16,21)(H,19,20). The molecule has 4 N–H and O–H groups in total. The highest BCUT2D eigenvalue weighted by Crippen LogP contribution is 2.09. The van der Waals surface area contributed by atoms with Crippen LogP contribution in [0.3, 0.4) is 0 Å². The minimum absolute atomic E-state index is 0.0403. The van der Waals surface area contributed by atoms with Crippen molar-refractivity contribution >= 4 is 17.9 Å². The van der Waals surface area contributed by atoms with Crippen LogP contribution in [0.1, 0.15) is 12.0 Å². The Labute approximate surface area is 120 Å². The number of rotatable bonds is 6. The summed E-state index contributed by atoms with van der Waals surface area (Å²) in [7, 11) is 1.38. The molecule has 0 aromatic heterocycles. The zero-order valence-electron chi connectivity index (χ0n) is 11.4. The number of carboxylic acid groups (broad SMARTS) is 1. The topological polar surface area (TPSA) is 113 Å². The number of nitrogens with two attached hydrogens (primary N) is 1. The lowest BCUT2D eigenvalue weighted by Gasteiger charge is -2.21. The Morgan fingerprint density at radius 2 is 2.00 bits per heavy atom. The molecule has 114 valence electrons. The van der Waals surface area contributed by atoms with Crippen molar-refractivity contribution in [1.82, 2.24) is 10.2 Å². The van der Waals surface area contributed by atoms with Crippen LogP contribution in [0.4, 0.5) is 9.18 Å². The first kappa shape index (κ1) is 16.4. The van der Waals surface area contributed by atoms with E-state index in [0.717, 1.165) is 4.90 Å². The van der Waals surface area contributed by atoms with Crippen molar-refractivity contribution in [1.29, 1.82) is 0 Å². The van der Waals surface area contributed by atoms with Crippen molar-refractivity contribution in [3.63, 3.8) is 0 Å². The first-order valence-electron chi connectivity index (χ1n) is 6.07. The molecule has 21 heavy (non-hydrogen) atoms. The Bertz CT molecular complexity index is 550. The molecule has 3 amide bonds. The van der Waals surface area contributed by atoms with E-state index in [1.165, 1.54) is 25.2 Å². The molecule has 0 heterocycles. The molecule has 0 saturated carbocycles. The number of benzene rings is 1. The quantitative estimate of drug-likeness (QED) is 0.700. The fraction of sp³-hybridized carbons (Fsp3) is 0.308. The molecule has 1 atom stereocenters. The second kappa shape index (κ2) is 7.22. The van der Waals surface area contributed by atoms with Gasteiger partial charge in [0, 0.05) is 19.2 Å². The van der Waals surface area contributed by atoms with E-state index >= 15 is 0 Å². The molecule has 0 aliphatic carbocycles. The third-order valence-corrected chi connectivity index (χ3v) is 2.71. The SMILES string of the molecule is CN(Cc1ccccc1F)C(=O)NC(CC(N)=O)C(=O)O. The summed E-state index contributed by atoms with van der Waals surface area (Å²) in [4.78, 5) is 34.6. The van der Waals surface area contributed by atoms with Gasteiger partial charge in [-0.25, -0.2) is 14.0 Å². The molecule has 0 aliphatic rings. The molecule has 0 fully saturated rings. The van der Waals surface area contributed by atoms with Gasteiger partial charge in [-0.3, -0.25) is 4.79 Å². The lowest BCUT2D eigenvalue weighted by Crippen LogP contribution is -2.48. The predicted octanol–water partition coefficient (Wildman–Crippen LogP) is 0.296. The van der Waals surface area contributed by atoms with Crippen molar-refractivity contribution in [3.05, 3.63) is 35.6 Å². The normalized spacial score (nSPS) is 11.5.